The van der Waals surface area contributed by atoms with Gasteiger partial charge in [0.05, 0.1) is 9.95 Å². The van der Waals surface area contributed by atoms with Crippen LogP contribution in [0.1, 0.15) is 19.3 Å². The summed E-state index contributed by atoms with van der Waals surface area (Å²) in [6, 6.07) is 1.33. The monoisotopic (exact) mass is 298 g/mol. The number of nitrogens with one attached hydrogen (secondary N) is 1. The molecule has 0 aliphatic carbocycles. The average Bonchev–Trinajstić information content (AvgIpc) is 2.42. The van der Waals surface area contributed by atoms with Crippen molar-refractivity contribution in [2.24, 2.45) is 5.92 Å². The summed E-state index contributed by atoms with van der Waals surface area (Å²) in [5.74, 6) is 0.984. The lowest BCUT2D eigenvalue weighted by Gasteiger charge is -2.28. The van der Waals surface area contributed by atoms with Crippen LogP contribution in [0.2, 0.25) is 5.02 Å². The minimum Gasteiger partial charge on any atom is -0.364 e. The van der Waals surface area contributed by atoms with Crippen molar-refractivity contribution in [2.75, 3.05) is 32.0 Å². The van der Waals surface area contributed by atoms with Crippen LogP contribution in [0.3, 0.4) is 0 Å². The van der Waals surface area contributed by atoms with Crippen LogP contribution >= 0.6 is 11.6 Å². The number of likely N-dealkylation sites (tertiary alicyclic amines) is 1. The van der Waals surface area contributed by atoms with E-state index in [1.165, 1.54) is 25.1 Å². The van der Waals surface area contributed by atoms with Gasteiger partial charge in [-0.15, -0.1) is 0 Å². The standard InChI is InChI=1S/C13H19ClN4O2/c1-17-6-3-10(4-7-17)2-5-15-13-12(18(19)20)8-11(14)9-16-13/h8-10H,2-7H2,1H3,(H,15,16). The molecule has 1 saturated heterocycles. The molecule has 1 aliphatic rings. The van der Waals surface area contributed by atoms with Gasteiger partial charge < -0.3 is 10.2 Å². The summed E-state index contributed by atoms with van der Waals surface area (Å²) in [6.45, 7) is 2.96. The Morgan fingerprint density at radius 3 is 2.90 bits per heavy atom. The Labute approximate surface area is 123 Å². The van der Waals surface area contributed by atoms with E-state index in [2.05, 4.69) is 22.2 Å². The molecule has 1 fully saturated rings. The second kappa shape index (κ2) is 6.85. The Bertz CT molecular complexity index is 475. The number of piperidine rings is 1. The molecule has 7 heteroatoms. The van der Waals surface area contributed by atoms with Crippen LogP contribution in [-0.2, 0) is 0 Å². The fourth-order valence-electron chi connectivity index (χ4n) is 2.45. The zero-order valence-corrected chi connectivity index (χ0v) is 12.3. The van der Waals surface area contributed by atoms with E-state index in [1.54, 1.807) is 0 Å². The zero-order chi connectivity index (χ0) is 14.5. The van der Waals surface area contributed by atoms with Crippen molar-refractivity contribution in [1.82, 2.24) is 9.88 Å². The quantitative estimate of drug-likeness (QED) is 0.668. The summed E-state index contributed by atoms with van der Waals surface area (Å²) in [5, 5.41) is 14.3. The molecule has 1 aromatic heterocycles. The molecule has 1 aliphatic heterocycles. The highest BCUT2D eigenvalue weighted by atomic mass is 35.5. The molecule has 0 aromatic carbocycles. The first-order valence-electron chi connectivity index (χ1n) is 6.78. The van der Waals surface area contributed by atoms with Gasteiger partial charge in [0, 0.05) is 18.8 Å². The Balaban J connectivity index is 1.86. The van der Waals surface area contributed by atoms with Gasteiger partial charge in [-0.05, 0) is 45.3 Å². The molecule has 0 bridgehead atoms. The summed E-state index contributed by atoms with van der Waals surface area (Å²) >= 11 is 5.73. The predicted molar refractivity (Wildman–Crippen MR) is 79.2 cm³/mol. The van der Waals surface area contributed by atoms with Gasteiger partial charge in [0.25, 0.3) is 0 Å². The molecular formula is C13H19ClN4O2. The average molecular weight is 299 g/mol. The first-order valence-corrected chi connectivity index (χ1v) is 7.16. The number of aromatic nitrogens is 1. The van der Waals surface area contributed by atoms with Crippen molar-refractivity contribution in [2.45, 2.75) is 19.3 Å². The van der Waals surface area contributed by atoms with Crippen LogP contribution < -0.4 is 5.32 Å². The van der Waals surface area contributed by atoms with Crippen LogP contribution in [0.25, 0.3) is 0 Å². The Morgan fingerprint density at radius 2 is 2.25 bits per heavy atom. The van der Waals surface area contributed by atoms with E-state index < -0.39 is 4.92 Å². The van der Waals surface area contributed by atoms with Crippen LogP contribution in [0.15, 0.2) is 12.3 Å². The summed E-state index contributed by atoms with van der Waals surface area (Å²) in [4.78, 5) is 16.8. The van der Waals surface area contributed by atoms with Gasteiger partial charge in [0.1, 0.15) is 0 Å². The first kappa shape index (κ1) is 15.0. The molecule has 6 nitrogen and oxygen atoms in total. The van der Waals surface area contributed by atoms with Crippen LogP contribution in [-0.4, -0.2) is 41.5 Å². The number of nitro groups is 1. The molecule has 0 atom stereocenters. The maximum Gasteiger partial charge on any atom is 0.312 e. The van der Waals surface area contributed by atoms with Crippen molar-refractivity contribution in [3.63, 3.8) is 0 Å². The van der Waals surface area contributed by atoms with Crippen molar-refractivity contribution >= 4 is 23.1 Å². The number of anilines is 1. The largest absolute Gasteiger partial charge is 0.364 e. The molecule has 0 amide bonds. The van der Waals surface area contributed by atoms with Crippen LogP contribution in [0, 0.1) is 16.0 Å². The van der Waals surface area contributed by atoms with Crippen LogP contribution in [0.4, 0.5) is 11.5 Å². The lowest BCUT2D eigenvalue weighted by Crippen LogP contribution is -2.30. The maximum absolute atomic E-state index is 10.9. The van der Waals surface area contributed by atoms with E-state index >= 15 is 0 Å². The first-order chi connectivity index (χ1) is 9.56. The molecule has 0 saturated carbocycles. The van der Waals surface area contributed by atoms with E-state index in [-0.39, 0.29) is 10.7 Å². The molecule has 1 aromatic rings. The third-order valence-electron chi connectivity index (χ3n) is 3.71. The molecular weight excluding hydrogens is 280 g/mol. The molecule has 110 valence electrons. The minimum absolute atomic E-state index is 0.0686. The lowest BCUT2D eigenvalue weighted by molar-refractivity contribution is -0.384. The number of rotatable bonds is 5. The lowest BCUT2D eigenvalue weighted by atomic mass is 9.94. The van der Waals surface area contributed by atoms with E-state index in [0.29, 0.717) is 18.3 Å². The summed E-state index contributed by atoms with van der Waals surface area (Å²) < 4.78 is 0. The van der Waals surface area contributed by atoms with Crippen molar-refractivity contribution in [3.05, 3.63) is 27.4 Å². The fourth-order valence-corrected chi connectivity index (χ4v) is 2.60. The Kier molecular flexibility index (Phi) is 5.14. The van der Waals surface area contributed by atoms with Gasteiger partial charge in [0.2, 0.25) is 5.82 Å². The molecule has 0 spiro atoms. The van der Waals surface area contributed by atoms with Crippen molar-refractivity contribution < 1.29 is 4.92 Å². The summed E-state index contributed by atoms with van der Waals surface area (Å²) in [6.07, 6.45) is 4.81. The third kappa shape index (κ3) is 4.05. The highest BCUT2D eigenvalue weighted by molar-refractivity contribution is 6.30. The highest BCUT2D eigenvalue weighted by Crippen LogP contribution is 2.25. The van der Waals surface area contributed by atoms with E-state index in [9.17, 15) is 10.1 Å². The third-order valence-corrected chi connectivity index (χ3v) is 3.92. The van der Waals surface area contributed by atoms with Gasteiger partial charge in [-0.1, -0.05) is 11.6 Å². The Hall–Kier alpha value is -1.40. The predicted octanol–water partition coefficient (Wildman–Crippen LogP) is 2.79. The fraction of sp³-hybridized carbons (Fsp3) is 0.615. The molecule has 1 N–H and O–H groups in total. The minimum atomic E-state index is -0.462. The van der Waals surface area contributed by atoms with Crippen LogP contribution in [0.5, 0.6) is 0 Å². The smallest absolute Gasteiger partial charge is 0.312 e. The Morgan fingerprint density at radius 1 is 1.55 bits per heavy atom. The van der Waals surface area contributed by atoms with Gasteiger partial charge in [-0.3, -0.25) is 10.1 Å². The topological polar surface area (TPSA) is 71.3 Å². The second-order valence-corrected chi connectivity index (χ2v) is 5.68. The number of hydrogen-bond acceptors (Lipinski definition) is 5. The summed E-state index contributed by atoms with van der Waals surface area (Å²) in [7, 11) is 2.13. The van der Waals surface area contributed by atoms with E-state index in [1.807, 2.05) is 0 Å². The highest BCUT2D eigenvalue weighted by Gasteiger charge is 2.18. The number of halogens is 1. The van der Waals surface area contributed by atoms with E-state index in [0.717, 1.165) is 19.5 Å². The SMILES string of the molecule is CN1CCC(CCNc2ncc(Cl)cc2[N+](=O)[O-])CC1. The second-order valence-electron chi connectivity index (χ2n) is 5.24. The number of hydrogen-bond donors (Lipinski definition) is 1. The van der Waals surface area contributed by atoms with Gasteiger partial charge in [-0.25, -0.2) is 4.98 Å². The molecule has 0 unspecified atom stereocenters. The van der Waals surface area contributed by atoms with Crippen molar-refractivity contribution in [3.8, 4) is 0 Å². The van der Waals surface area contributed by atoms with Crippen molar-refractivity contribution in [1.29, 1.82) is 0 Å². The normalized spacial score (nSPS) is 17.1. The number of pyridine rings is 1. The maximum atomic E-state index is 10.9. The molecule has 20 heavy (non-hydrogen) atoms. The summed E-state index contributed by atoms with van der Waals surface area (Å²) in [5.41, 5.74) is -0.0686. The number of nitrogens with zero attached hydrogens (tertiary/aromatic N) is 3. The molecule has 2 heterocycles. The van der Waals surface area contributed by atoms with Gasteiger partial charge in [0.15, 0.2) is 0 Å². The molecule has 0 radical (unpaired) electrons. The van der Waals surface area contributed by atoms with Gasteiger partial charge >= 0.3 is 5.69 Å². The zero-order valence-electron chi connectivity index (χ0n) is 11.5. The van der Waals surface area contributed by atoms with Gasteiger partial charge in [-0.2, -0.15) is 0 Å². The van der Waals surface area contributed by atoms with E-state index in [4.69, 9.17) is 11.6 Å². The molecule has 2 rings (SSSR count).